The van der Waals surface area contributed by atoms with Crippen molar-refractivity contribution in [2.75, 3.05) is 12.9 Å². The molecule has 1 aromatic heterocycles. The van der Waals surface area contributed by atoms with Gasteiger partial charge in [0.1, 0.15) is 5.01 Å². The summed E-state index contributed by atoms with van der Waals surface area (Å²) in [7, 11) is 1.69. The van der Waals surface area contributed by atoms with Crippen molar-refractivity contribution in [3.63, 3.8) is 0 Å². The van der Waals surface area contributed by atoms with Gasteiger partial charge in [0.25, 0.3) is 0 Å². The van der Waals surface area contributed by atoms with Crippen molar-refractivity contribution < 1.29 is 4.74 Å². The minimum atomic E-state index is 0.564. The summed E-state index contributed by atoms with van der Waals surface area (Å²) in [6.07, 6.45) is 1.21. The summed E-state index contributed by atoms with van der Waals surface area (Å²) in [6.45, 7) is 3.33. The van der Waals surface area contributed by atoms with Crippen molar-refractivity contribution in [1.82, 2.24) is 4.98 Å². The fourth-order valence-electron chi connectivity index (χ4n) is 1.21. The van der Waals surface area contributed by atoms with Crippen LogP contribution in [0.1, 0.15) is 28.9 Å². The van der Waals surface area contributed by atoms with Crippen LogP contribution in [0.4, 0.5) is 0 Å². The van der Waals surface area contributed by atoms with Crippen molar-refractivity contribution in [1.29, 1.82) is 0 Å². The summed E-state index contributed by atoms with van der Waals surface area (Å²) < 4.78 is 5.09. The highest BCUT2D eigenvalue weighted by molar-refractivity contribution is 7.98. The van der Waals surface area contributed by atoms with Gasteiger partial charge in [-0.3, -0.25) is 0 Å². The molecule has 0 aliphatic rings. The van der Waals surface area contributed by atoms with Crippen LogP contribution < -0.4 is 5.73 Å². The Kier molecular flexibility index (Phi) is 6.24. The molecule has 0 unspecified atom stereocenters. The molecular weight excluding hydrogens is 228 g/mol. The molecule has 0 atom stereocenters. The fraction of sp³-hybridized carbons (Fsp3) is 0.700. The number of rotatable bonds is 7. The first kappa shape index (κ1) is 13.0. The number of methoxy groups -OCH3 is 1. The molecule has 1 aromatic rings. The molecule has 1 rings (SSSR count). The minimum absolute atomic E-state index is 0.564. The van der Waals surface area contributed by atoms with Gasteiger partial charge in [-0.25, -0.2) is 4.98 Å². The Morgan fingerprint density at radius 3 is 2.93 bits per heavy atom. The lowest BCUT2D eigenvalue weighted by atomic mass is 10.4. The first-order valence-electron chi connectivity index (χ1n) is 5.06. The van der Waals surface area contributed by atoms with Crippen LogP contribution in [0.2, 0.25) is 0 Å². The molecule has 0 aromatic carbocycles. The third-order valence-electron chi connectivity index (χ3n) is 1.86. The molecule has 0 saturated heterocycles. The van der Waals surface area contributed by atoms with Crippen molar-refractivity contribution in [3.05, 3.63) is 15.6 Å². The van der Waals surface area contributed by atoms with Gasteiger partial charge in [0.05, 0.1) is 12.3 Å². The number of nitrogens with zero attached hydrogens (tertiary/aromatic N) is 1. The summed E-state index contributed by atoms with van der Waals surface area (Å²) in [6, 6.07) is 0. The number of thioether (sulfide) groups is 1. The van der Waals surface area contributed by atoms with Crippen LogP contribution >= 0.6 is 23.1 Å². The third-order valence-corrected chi connectivity index (χ3v) is 4.34. The smallest absolute Gasteiger partial charge is 0.103 e. The molecule has 0 aliphatic heterocycles. The summed E-state index contributed by atoms with van der Waals surface area (Å²) in [5.41, 5.74) is 6.67. The van der Waals surface area contributed by atoms with E-state index in [0.717, 1.165) is 16.3 Å². The molecule has 0 radical (unpaired) electrons. The monoisotopic (exact) mass is 246 g/mol. The average Bonchev–Trinajstić information content (AvgIpc) is 2.62. The summed E-state index contributed by atoms with van der Waals surface area (Å²) in [5, 5.41) is 1.17. The Labute approximate surface area is 99.4 Å². The van der Waals surface area contributed by atoms with E-state index < -0.39 is 0 Å². The Morgan fingerprint density at radius 1 is 1.53 bits per heavy atom. The molecule has 1 heterocycles. The van der Waals surface area contributed by atoms with E-state index in [1.807, 2.05) is 11.8 Å². The fourth-order valence-corrected chi connectivity index (χ4v) is 3.12. The Balaban J connectivity index is 2.57. The number of aromatic nitrogens is 1. The molecular formula is C10H18N2OS2. The van der Waals surface area contributed by atoms with Gasteiger partial charge in [-0.2, -0.15) is 11.8 Å². The number of ether oxygens (including phenoxy) is 1. The van der Waals surface area contributed by atoms with Gasteiger partial charge in [-0.1, -0.05) is 6.92 Å². The quantitative estimate of drug-likeness (QED) is 0.751. The zero-order chi connectivity index (χ0) is 11.1. The van der Waals surface area contributed by atoms with Crippen LogP contribution in [-0.2, 0) is 23.6 Å². The highest BCUT2D eigenvalue weighted by Crippen LogP contribution is 2.23. The molecule has 0 fully saturated rings. The van der Waals surface area contributed by atoms with Crippen LogP contribution in [0.15, 0.2) is 0 Å². The normalized spacial score (nSPS) is 10.9. The van der Waals surface area contributed by atoms with Gasteiger partial charge in [0.15, 0.2) is 0 Å². The number of thiazole rings is 1. The number of nitrogens with two attached hydrogens (primary N) is 1. The van der Waals surface area contributed by atoms with Gasteiger partial charge in [-0.05, 0) is 12.2 Å². The largest absolute Gasteiger partial charge is 0.378 e. The van der Waals surface area contributed by atoms with E-state index in [0.29, 0.717) is 13.2 Å². The minimum Gasteiger partial charge on any atom is -0.378 e. The van der Waals surface area contributed by atoms with E-state index in [1.54, 1.807) is 18.4 Å². The second-order valence-corrected chi connectivity index (χ2v) is 5.44. The van der Waals surface area contributed by atoms with E-state index in [2.05, 4.69) is 11.9 Å². The SMILES string of the molecule is CCCSCc1nc(COC)c(CN)s1. The molecule has 2 N–H and O–H groups in total. The van der Waals surface area contributed by atoms with Gasteiger partial charge in [0.2, 0.25) is 0 Å². The maximum absolute atomic E-state index is 5.66. The number of hydrogen-bond donors (Lipinski definition) is 1. The van der Waals surface area contributed by atoms with Crippen molar-refractivity contribution >= 4 is 23.1 Å². The van der Waals surface area contributed by atoms with Crippen LogP contribution in [-0.4, -0.2) is 17.8 Å². The topological polar surface area (TPSA) is 48.1 Å². The molecule has 0 bridgehead atoms. The predicted molar refractivity (Wildman–Crippen MR) is 67.2 cm³/mol. The second-order valence-electron chi connectivity index (χ2n) is 3.17. The highest BCUT2D eigenvalue weighted by atomic mass is 32.2. The molecule has 0 amide bonds. The molecule has 15 heavy (non-hydrogen) atoms. The van der Waals surface area contributed by atoms with Gasteiger partial charge < -0.3 is 10.5 Å². The maximum atomic E-state index is 5.66. The molecule has 0 spiro atoms. The summed E-state index contributed by atoms with van der Waals surface area (Å²) in [4.78, 5) is 5.69. The van der Waals surface area contributed by atoms with Crippen LogP contribution in [0.25, 0.3) is 0 Å². The first-order valence-corrected chi connectivity index (χ1v) is 7.03. The first-order chi connectivity index (χ1) is 7.31. The second kappa shape index (κ2) is 7.22. The Bertz CT molecular complexity index is 289. The molecule has 86 valence electrons. The lowest BCUT2D eigenvalue weighted by Gasteiger charge is -1.96. The van der Waals surface area contributed by atoms with Crippen LogP contribution in [0, 0.1) is 0 Å². The Hall–Kier alpha value is -0.100. The van der Waals surface area contributed by atoms with E-state index >= 15 is 0 Å². The van der Waals surface area contributed by atoms with Crippen molar-refractivity contribution in [2.24, 2.45) is 5.73 Å². The van der Waals surface area contributed by atoms with E-state index in [1.165, 1.54) is 17.2 Å². The van der Waals surface area contributed by atoms with Crippen LogP contribution in [0.3, 0.4) is 0 Å². The van der Waals surface area contributed by atoms with E-state index in [9.17, 15) is 0 Å². The highest BCUT2D eigenvalue weighted by Gasteiger charge is 2.09. The molecule has 0 saturated carbocycles. The maximum Gasteiger partial charge on any atom is 0.103 e. The van der Waals surface area contributed by atoms with E-state index in [4.69, 9.17) is 10.5 Å². The number of hydrogen-bond acceptors (Lipinski definition) is 5. The third kappa shape index (κ3) is 4.10. The molecule has 3 nitrogen and oxygen atoms in total. The lowest BCUT2D eigenvalue weighted by molar-refractivity contribution is 0.181. The van der Waals surface area contributed by atoms with Crippen molar-refractivity contribution in [3.8, 4) is 0 Å². The standard InChI is InChI=1S/C10H18N2OS2/c1-3-4-14-7-10-12-8(6-13-2)9(5-11)15-10/h3-7,11H2,1-2H3. The molecule has 0 aliphatic carbocycles. The van der Waals surface area contributed by atoms with Gasteiger partial charge in [0, 0.05) is 24.3 Å². The van der Waals surface area contributed by atoms with Crippen LogP contribution in [0.5, 0.6) is 0 Å². The van der Waals surface area contributed by atoms with Gasteiger partial charge >= 0.3 is 0 Å². The van der Waals surface area contributed by atoms with Gasteiger partial charge in [-0.15, -0.1) is 11.3 Å². The van der Waals surface area contributed by atoms with Crippen molar-refractivity contribution in [2.45, 2.75) is 32.2 Å². The van der Waals surface area contributed by atoms with E-state index in [-0.39, 0.29) is 0 Å². The average molecular weight is 246 g/mol. The summed E-state index contributed by atoms with van der Waals surface area (Å²) in [5.74, 6) is 2.19. The predicted octanol–water partition coefficient (Wildman–Crippen LogP) is 2.39. The zero-order valence-corrected chi connectivity index (χ0v) is 10.9. The lowest BCUT2D eigenvalue weighted by Crippen LogP contribution is -1.99. The molecule has 5 heteroatoms. The summed E-state index contributed by atoms with van der Waals surface area (Å²) >= 11 is 3.64. The Morgan fingerprint density at radius 2 is 2.33 bits per heavy atom. The zero-order valence-electron chi connectivity index (χ0n) is 9.28.